The molecular formula is C8H10BrNOS. The van der Waals surface area contributed by atoms with Crippen LogP contribution in [0, 0.1) is 0 Å². The zero-order valence-corrected chi connectivity index (χ0v) is 9.41. The molecule has 0 aliphatic rings. The monoisotopic (exact) mass is 247 g/mol. The van der Waals surface area contributed by atoms with Crippen LogP contribution in [0.3, 0.4) is 0 Å². The molecule has 1 aromatic heterocycles. The summed E-state index contributed by atoms with van der Waals surface area (Å²) in [5.41, 5.74) is 1.12. The van der Waals surface area contributed by atoms with Crippen LogP contribution in [0.5, 0.6) is 5.88 Å². The van der Waals surface area contributed by atoms with Gasteiger partial charge in [0.25, 0.3) is 0 Å². The van der Waals surface area contributed by atoms with Crippen molar-refractivity contribution >= 4 is 27.7 Å². The number of pyridine rings is 1. The highest BCUT2D eigenvalue weighted by molar-refractivity contribution is 9.10. The summed E-state index contributed by atoms with van der Waals surface area (Å²) in [6.07, 6.45) is 3.79. The van der Waals surface area contributed by atoms with Crippen molar-refractivity contribution in [3.05, 3.63) is 22.3 Å². The van der Waals surface area contributed by atoms with Gasteiger partial charge >= 0.3 is 0 Å². The number of thioether (sulfide) groups is 1. The minimum atomic E-state index is 0.715. The number of hydrogen-bond donors (Lipinski definition) is 0. The first-order valence-corrected chi connectivity index (χ1v) is 5.64. The lowest BCUT2D eigenvalue weighted by Gasteiger charge is -2.05. The van der Waals surface area contributed by atoms with Gasteiger partial charge in [-0.05, 0) is 28.3 Å². The minimum Gasteiger partial charge on any atom is -0.481 e. The predicted molar refractivity (Wildman–Crippen MR) is 55.7 cm³/mol. The Hall–Kier alpha value is -0.220. The average Bonchev–Trinajstić information content (AvgIpc) is 2.05. The highest BCUT2D eigenvalue weighted by Crippen LogP contribution is 2.22. The Kier molecular flexibility index (Phi) is 3.88. The van der Waals surface area contributed by atoms with Crippen molar-refractivity contribution in [1.29, 1.82) is 0 Å². The van der Waals surface area contributed by atoms with Gasteiger partial charge < -0.3 is 4.74 Å². The second-order valence-corrected chi connectivity index (χ2v) is 4.04. The third kappa shape index (κ3) is 2.38. The van der Waals surface area contributed by atoms with Gasteiger partial charge in [-0.15, -0.1) is 0 Å². The summed E-state index contributed by atoms with van der Waals surface area (Å²) >= 11 is 5.12. The van der Waals surface area contributed by atoms with Gasteiger partial charge in [0.2, 0.25) is 5.88 Å². The molecule has 0 aliphatic heterocycles. The van der Waals surface area contributed by atoms with E-state index in [1.807, 2.05) is 6.07 Å². The molecule has 0 amide bonds. The van der Waals surface area contributed by atoms with Gasteiger partial charge in [-0.2, -0.15) is 11.8 Å². The zero-order valence-electron chi connectivity index (χ0n) is 7.00. The molecule has 66 valence electrons. The number of methoxy groups -OCH3 is 1. The van der Waals surface area contributed by atoms with Gasteiger partial charge in [0.05, 0.1) is 7.11 Å². The van der Waals surface area contributed by atoms with Crippen molar-refractivity contribution in [2.45, 2.75) is 5.75 Å². The second-order valence-electron chi connectivity index (χ2n) is 2.25. The lowest BCUT2D eigenvalue weighted by atomic mass is 10.3. The molecule has 0 saturated heterocycles. The Morgan fingerprint density at radius 2 is 2.42 bits per heavy atom. The molecule has 0 aliphatic carbocycles. The molecular weight excluding hydrogens is 238 g/mol. The van der Waals surface area contributed by atoms with Crippen LogP contribution >= 0.6 is 27.7 Å². The minimum absolute atomic E-state index is 0.715. The summed E-state index contributed by atoms with van der Waals surface area (Å²) < 4.78 is 6.10. The second kappa shape index (κ2) is 4.72. The van der Waals surface area contributed by atoms with E-state index in [0.717, 1.165) is 15.8 Å². The van der Waals surface area contributed by atoms with Gasteiger partial charge in [-0.25, -0.2) is 4.98 Å². The SMILES string of the molecule is COc1ncc(Br)cc1CSC. The number of aromatic nitrogens is 1. The number of ether oxygens (including phenoxy) is 1. The third-order valence-corrected chi connectivity index (χ3v) is 2.42. The van der Waals surface area contributed by atoms with Crippen molar-refractivity contribution in [3.63, 3.8) is 0 Å². The van der Waals surface area contributed by atoms with Crippen LogP contribution in [0.15, 0.2) is 16.7 Å². The van der Waals surface area contributed by atoms with Gasteiger partial charge in [0.1, 0.15) is 0 Å². The lowest BCUT2D eigenvalue weighted by Crippen LogP contribution is -1.93. The van der Waals surface area contributed by atoms with E-state index in [0.29, 0.717) is 5.88 Å². The van der Waals surface area contributed by atoms with E-state index in [1.165, 1.54) is 0 Å². The molecule has 0 atom stereocenters. The van der Waals surface area contributed by atoms with Crippen LogP contribution in [-0.2, 0) is 5.75 Å². The highest BCUT2D eigenvalue weighted by atomic mass is 79.9. The molecule has 0 radical (unpaired) electrons. The fourth-order valence-electron chi connectivity index (χ4n) is 0.911. The summed E-state index contributed by atoms with van der Waals surface area (Å²) in [5.74, 6) is 1.64. The first-order valence-electron chi connectivity index (χ1n) is 3.45. The van der Waals surface area contributed by atoms with E-state index in [2.05, 4.69) is 27.2 Å². The highest BCUT2D eigenvalue weighted by Gasteiger charge is 2.03. The van der Waals surface area contributed by atoms with Crippen molar-refractivity contribution in [2.24, 2.45) is 0 Å². The van der Waals surface area contributed by atoms with Crippen LogP contribution in [0.2, 0.25) is 0 Å². The molecule has 1 aromatic rings. The first kappa shape index (κ1) is 9.86. The number of rotatable bonds is 3. The smallest absolute Gasteiger partial charge is 0.217 e. The first-order chi connectivity index (χ1) is 5.77. The Labute approximate surface area is 84.9 Å². The molecule has 0 bridgehead atoms. The van der Waals surface area contributed by atoms with E-state index >= 15 is 0 Å². The number of hydrogen-bond acceptors (Lipinski definition) is 3. The fourth-order valence-corrected chi connectivity index (χ4v) is 1.81. The van der Waals surface area contributed by atoms with E-state index in [-0.39, 0.29) is 0 Å². The van der Waals surface area contributed by atoms with Crippen LogP contribution in [0.25, 0.3) is 0 Å². The normalized spacial score (nSPS) is 9.92. The van der Waals surface area contributed by atoms with Crippen LogP contribution in [0.1, 0.15) is 5.56 Å². The molecule has 1 rings (SSSR count). The third-order valence-electron chi connectivity index (χ3n) is 1.39. The molecule has 0 aromatic carbocycles. The lowest BCUT2D eigenvalue weighted by molar-refractivity contribution is 0.394. The van der Waals surface area contributed by atoms with Gasteiger partial charge in [-0.3, -0.25) is 0 Å². The Balaban J connectivity index is 2.95. The maximum absolute atomic E-state index is 5.11. The van der Waals surface area contributed by atoms with E-state index in [1.54, 1.807) is 25.1 Å². The van der Waals surface area contributed by atoms with Crippen molar-refractivity contribution < 1.29 is 4.74 Å². The predicted octanol–water partition coefficient (Wildman–Crippen LogP) is 2.72. The average molecular weight is 248 g/mol. The molecule has 0 unspecified atom stereocenters. The van der Waals surface area contributed by atoms with Gasteiger partial charge in [0.15, 0.2) is 0 Å². The molecule has 0 fully saturated rings. The maximum atomic E-state index is 5.11. The zero-order chi connectivity index (χ0) is 8.97. The van der Waals surface area contributed by atoms with Crippen LogP contribution in [-0.4, -0.2) is 18.3 Å². The van der Waals surface area contributed by atoms with E-state index in [4.69, 9.17) is 4.74 Å². The number of halogens is 1. The topological polar surface area (TPSA) is 22.1 Å². The van der Waals surface area contributed by atoms with Crippen molar-refractivity contribution in [1.82, 2.24) is 4.98 Å². The summed E-state index contributed by atoms with van der Waals surface area (Å²) in [6, 6.07) is 2.03. The molecule has 4 heteroatoms. The molecule has 12 heavy (non-hydrogen) atoms. The molecule has 0 spiro atoms. The molecule has 2 nitrogen and oxygen atoms in total. The number of nitrogens with zero attached hydrogens (tertiary/aromatic N) is 1. The van der Waals surface area contributed by atoms with Gasteiger partial charge in [0, 0.05) is 22.0 Å². The molecule has 0 saturated carbocycles. The Morgan fingerprint density at radius 3 is 3.00 bits per heavy atom. The summed E-state index contributed by atoms with van der Waals surface area (Å²) in [7, 11) is 1.64. The fraction of sp³-hybridized carbons (Fsp3) is 0.375. The van der Waals surface area contributed by atoms with Crippen LogP contribution < -0.4 is 4.74 Å². The molecule has 0 N–H and O–H groups in total. The summed E-state index contributed by atoms with van der Waals surface area (Å²) in [5, 5.41) is 0. The van der Waals surface area contributed by atoms with Crippen LogP contribution in [0.4, 0.5) is 0 Å². The van der Waals surface area contributed by atoms with Gasteiger partial charge in [-0.1, -0.05) is 0 Å². The van der Waals surface area contributed by atoms with E-state index in [9.17, 15) is 0 Å². The standard InChI is InChI=1S/C8H10BrNOS/c1-11-8-6(5-12-2)3-7(9)4-10-8/h3-4H,5H2,1-2H3. The summed E-state index contributed by atoms with van der Waals surface area (Å²) in [6.45, 7) is 0. The Bertz CT molecular complexity index is 267. The quantitative estimate of drug-likeness (QED) is 0.821. The van der Waals surface area contributed by atoms with Crippen molar-refractivity contribution in [2.75, 3.05) is 13.4 Å². The largest absolute Gasteiger partial charge is 0.481 e. The van der Waals surface area contributed by atoms with E-state index < -0.39 is 0 Å². The molecule has 1 heterocycles. The maximum Gasteiger partial charge on any atom is 0.217 e. The summed E-state index contributed by atoms with van der Waals surface area (Å²) in [4.78, 5) is 4.13. The van der Waals surface area contributed by atoms with Crippen molar-refractivity contribution in [3.8, 4) is 5.88 Å². The Morgan fingerprint density at radius 1 is 1.67 bits per heavy atom.